The smallest absolute Gasteiger partial charge is 0.291 e. The third-order valence-corrected chi connectivity index (χ3v) is 6.04. The van der Waals surface area contributed by atoms with Crippen molar-refractivity contribution in [2.24, 2.45) is 0 Å². The lowest BCUT2D eigenvalue weighted by Gasteiger charge is -2.03. The van der Waals surface area contributed by atoms with Crippen LogP contribution in [0.15, 0.2) is 47.1 Å². The Morgan fingerprint density at radius 2 is 1.96 bits per heavy atom. The summed E-state index contributed by atoms with van der Waals surface area (Å²) in [6, 6.07) is 11.4. The van der Waals surface area contributed by atoms with Crippen molar-refractivity contribution in [2.75, 3.05) is 5.32 Å². The van der Waals surface area contributed by atoms with E-state index >= 15 is 0 Å². The van der Waals surface area contributed by atoms with Crippen molar-refractivity contribution in [1.29, 1.82) is 0 Å². The number of para-hydroxylation sites is 1. The molecule has 24 heavy (non-hydrogen) atoms. The zero-order chi connectivity index (χ0) is 16.7. The maximum atomic E-state index is 12.3. The number of nitrogens with zero attached hydrogens (tertiary/aromatic N) is 1. The second kappa shape index (κ2) is 5.89. The number of carbonyl (C=O) groups excluding carboxylic acids is 1. The summed E-state index contributed by atoms with van der Waals surface area (Å²) >= 11 is 3.20. The number of furan rings is 1. The summed E-state index contributed by atoms with van der Waals surface area (Å²) in [5, 5.41) is 4.70. The average molecular weight is 354 g/mol. The molecule has 0 spiro atoms. The van der Waals surface area contributed by atoms with E-state index in [2.05, 4.69) is 25.2 Å². The van der Waals surface area contributed by atoms with Crippen molar-refractivity contribution in [3.05, 3.63) is 58.9 Å². The topological polar surface area (TPSA) is 55.1 Å². The van der Waals surface area contributed by atoms with Crippen molar-refractivity contribution in [1.82, 2.24) is 4.98 Å². The minimum atomic E-state index is -0.247. The van der Waals surface area contributed by atoms with Crippen LogP contribution in [0.1, 0.15) is 21.0 Å². The summed E-state index contributed by atoms with van der Waals surface area (Å²) in [6.07, 6.45) is 1.49. The third kappa shape index (κ3) is 2.53. The lowest BCUT2D eigenvalue weighted by atomic mass is 10.1. The summed E-state index contributed by atoms with van der Waals surface area (Å²) in [5.74, 6) is 0.0533. The molecular weight excluding hydrogens is 340 g/mol. The molecule has 0 unspecified atom stereocenters. The number of rotatable bonds is 3. The van der Waals surface area contributed by atoms with Crippen molar-refractivity contribution in [3.63, 3.8) is 0 Å². The predicted octanol–water partition coefficient (Wildman–Crippen LogP) is 5.49. The van der Waals surface area contributed by atoms with Crippen LogP contribution in [0.4, 0.5) is 5.00 Å². The fourth-order valence-corrected chi connectivity index (χ4v) is 4.72. The fraction of sp³-hybridized carbons (Fsp3) is 0.111. The fourth-order valence-electron chi connectivity index (χ4n) is 2.52. The van der Waals surface area contributed by atoms with E-state index in [1.54, 1.807) is 34.8 Å². The normalized spacial score (nSPS) is 11.1. The molecule has 0 radical (unpaired) electrons. The molecule has 1 N–H and O–H groups in total. The molecule has 0 aliphatic rings. The van der Waals surface area contributed by atoms with Gasteiger partial charge in [0.05, 0.1) is 16.5 Å². The van der Waals surface area contributed by atoms with Crippen LogP contribution in [0.3, 0.4) is 0 Å². The van der Waals surface area contributed by atoms with Gasteiger partial charge in [-0.25, -0.2) is 4.98 Å². The van der Waals surface area contributed by atoms with Crippen molar-refractivity contribution in [3.8, 4) is 10.6 Å². The maximum absolute atomic E-state index is 12.3. The summed E-state index contributed by atoms with van der Waals surface area (Å²) < 4.78 is 6.32. The molecule has 0 saturated carbocycles. The minimum absolute atomic E-state index is 0.247. The van der Waals surface area contributed by atoms with E-state index in [0.717, 1.165) is 31.4 Å². The van der Waals surface area contributed by atoms with Gasteiger partial charge >= 0.3 is 0 Å². The minimum Gasteiger partial charge on any atom is -0.459 e. The Labute approximate surface area is 146 Å². The third-order valence-electron chi connectivity index (χ3n) is 3.87. The number of amides is 1. The zero-order valence-electron chi connectivity index (χ0n) is 13.1. The molecule has 4 aromatic rings. The number of aromatic nitrogens is 1. The highest BCUT2D eigenvalue weighted by molar-refractivity contribution is 7.22. The summed E-state index contributed by atoms with van der Waals surface area (Å²) in [6.45, 7) is 4.12. The molecule has 120 valence electrons. The van der Waals surface area contributed by atoms with Gasteiger partial charge < -0.3 is 9.73 Å². The van der Waals surface area contributed by atoms with E-state index in [9.17, 15) is 4.79 Å². The van der Waals surface area contributed by atoms with Gasteiger partial charge in [-0.05, 0) is 43.7 Å². The Balaban J connectivity index is 1.78. The molecule has 6 heteroatoms. The van der Waals surface area contributed by atoms with Crippen molar-refractivity contribution in [2.45, 2.75) is 13.8 Å². The number of thiophene rings is 1. The molecule has 1 aromatic carbocycles. The molecule has 0 fully saturated rings. The van der Waals surface area contributed by atoms with Crippen LogP contribution in [0.5, 0.6) is 0 Å². The molecule has 3 aromatic heterocycles. The molecule has 0 aliphatic carbocycles. The van der Waals surface area contributed by atoms with E-state index in [-0.39, 0.29) is 5.91 Å². The van der Waals surface area contributed by atoms with Crippen LogP contribution in [-0.2, 0) is 0 Å². The Kier molecular flexibility index (Phi) is 3.70. The zero-order valence-corrected chi connectivity index (χ0v) is 14.8. The van der Waals surface area contributed by atoms with Gasteiger partial charge in [0, 0.05) is 10.4 Å². The summed E-state index contributed by atoms with van der Waals surface area (Å²) in [5.41, 5.74) is 3.12. The van der Waals surface area contributed by atoms with Gasteiger partial charge in [0.25, 0.3) is 5.91 Å². The van der Waals surface area contributed by atoms with Gasteiger partial charge in [-0.15, -0.1) is 22.7 Å². The van der Waals surface area contributed by atoms with Gasteiger partial charge in [-0.1, -0.05) is 12.1 Å². The lowest BCUT2D eigenvalue weighted by Crippen LogP contribution is -2.10. The van der Waals surface area contributed by atoms with Crippen LogP contribution >= 0.6 is 22.7 Å². The van der Waals surface area contributed by atoms with Crippen molar-refractivity contribution < 1.29 is 9.21 Å². The number of fused-ring (bicyclic) bond motifs is 1. The van der Waals surface area contributed by atoms with Gasteiger partial charge in [0.1, 0.15) is 10.0 Å². The first-order valence-electron chi connectivity index (χ1n) is 7.44. The van der Waals surface area contributed by atoms with Crippen LogP contribution in [-0.4, -0.2) is 10.9 Å². The molecule has 3 heterocycles. The molecule has 4 rings (SSSR count). The Hall–Kier alpha value is -2.44. The number of hydrogen-bond donors (Lipinski definition) is 1. The Morgan fingerprint density at radius 3 is 2.71 bits per heavy atom. The molecule has 0 aliphatic heterocycles. The quantitative estimate of drug-likeness (QED) is 0.529. The van der Waals surface area contributed by atoms with Gasteiger partial charge in [-0.3, -0.25) is 4.79 Å². The van der Waals surface area contributed by atoms with E-state index in [1.807, 2.05) is 18.2 Å². The predicted molar refractivity (Wildman–Crippen MR) is 99.1 cm³/mol. The molecule has 1 amide bonds. The number of carbonyl (C=O) groups is 1. The SMILES string of the molecule is Cc1sc(NC(=O)c2ccco2)c(-c2nc3ccccc3s2)c1C. The van der Waals surface area contributed by atoms with Crippen LogP contribution < -0.4 is 5.32 Å². The monoisotopic (exact) mass is 354 g/mol. The molecular formula is C18H14N2O2S2. The number of hydrogen-bond acceptors (Lipinski definition) is 5. The molecule has 0 atom stereocenters. The van der Waals surface area contributed by atoms with Crippen LogP contribution in [0.2, 0.25) is 0 Å². The standard InChI is InChI=1S/C18H14N2O2S2/c1-10-11(2)23-18(20-16(21)13-7-5-9-22-13)15(10)17-19-12-6-3-4-8-14(12)24-17/h3-9H,1-2H3,(H,20,21). The van der Waals surface area contributed by atoms with E-state index in [0.29, 0.717) is 5.76 Å². The molecule has 0 bridgehead atoms. The van der Waals surface area contributed by atoms with E-state index in [4.69, 9.17) is 9.40 Å². The lowest BCUT2D eigenvalue weighted by molar-refractivity contribution is 0.0997. The van der Waals surface area contributed by atoms with Gasteiger partial charge in [0.2, 0.25) is 0 Å². The number of thiazole rings is 1. The molecule has 0 saturated heterocycles. The van der Waals surface area contributed by atoms with Gasteiger partial charge in [0.15, 0.2) is 5.76 Å². The Morgan fingerprint density at radius 1 is 1.12 bits per heavy atom. The number of nitrogens with one attached hydrogen (secondary N) is 1. The van der Waals surface area contributed by atoms with E-state index in [1.165, 1.54) is 11.1 Å². The summed E-state index contributed by atoms with van der Waals surface area (Å²) in [7, 11) is 0. The highest BCUT2D eigenvalue weighted by atomic mass is 32.1. The first-order chi connectivity index (χ1) is 11.6. The van der Waals surface area contributed by atoms with Gasteiger partial charge in [-0.2, -0.15) is 0 Å². The van der Waals surface area contributed by atoms with E-state index < -0.39 is 0 Å². The Bertz CT molecular complexity index is 996. The number of benzene rings is 1. The highest BCUT2D eigenvalue weighted by Gasteiger charge is 2.20. The first-order valence-corrected chi connectivity index (χ1v) is 9.07. The largest absolute Gasteiger partial charge is 0.459 e. The van der Waals surface area contributed by atoms with Crippen molar-refractivity contribution >= 4 is 43.8 Å². The molecule has 4 nitrogen and oxygen atoms in total. The average Bonchev–Trinajstić information content (AvgIpc) is 3.28. The van der Waals surface area contributed by atoms with Crippen LogP contribution in [0, 0.1) is 13.8 Å². The maximum Gasteiger partial charge on any atom is 0.291 e. The highest BCUT2D eigenvalue weighted by Crippen LogP contribution is 2.43. The van der Waals surface area contributed by atoms with Crippen LogP contribution in [0.25, 0.3) is 20.8 Å². The number of aryl methyl sites for hydroxylation is 1. The first kappa shape index (κ1) is 15.1. The second-order valence-electron chi connectivity index (χ2n) is 5.41. The number of anilines is 1. The second-order valence-corrected chi connectivity index (χ2v) is 7.66. The summed E-state index contributed by atoms with van der Waals surface area (Å²) in [4.78, 5) is 18.2.